The van der Waals surface area contributed by atoms with Crippen molar-refractivity contribution in [1.82, 2.24) is 0 Å². The molecule has 0 N–H and O–H groups in total. The fourth-order valence-corrected chi connectivity index (χ4v) is 1.18. The highest BCUT2D eigenvalue weighted by Crippen LogP contribution is 2.25. The van der Waals surface area contributed by atoms with Crippen LogP contribution < -0.4 is 0 Å². The van der Waals surface area contributed by atoms with Gasteiger partial charge in [-0.15, -0.1) is 0 Å². The molecule has 0 amide bonds. The molecule has 1 rings (SSSR count). The molecule has 1 saturated heterocycles. The normalized spacial score (nSPS) is 28.0. The third-order valence-corrected chi connectivity index (χ3v) is 2.11. The molecule has 1 unspecified atom stereocenters. The number of carbonyl (C=O) groups excluding carboxylic acids is 1. The van der Waals surface area contributed by atoms with E-state index in [1.54, 1.807) is 0 Å². The molecule has 1 aliphatic heterocycles. The van der Waals surface area contributed by atoms with E-state index < -0.39 is 0 Å². The molecular formula is C9H14O2. The number of carbonyl (C=O) groups is 1. The molecule has 1 heterocycles. The van der Waals surface area contributed by atoms with Gasteiger partial charge in [0.15, 0.2) is 12.4 Å². The zero-order chi connectivity index (χ0) is 8.27. The maximum atomic E-state index is 10.3. The van der Waals surface area contributed by atoms with Gasteiger partial charge in [0.2, 0.25) is 0 Å². The van der Waals surface area contributed by atoms with Crippen LogP contribution in [-0.2, 0) is 9.53 Å². The maximum Gasteiger partial charge on any atom is 0.160 e. The molecule has 0 aliphatic carbocycles. The molecule has 2 nitrogen and oxygen atoms in total. The van der Waals surface area contributed by atoms with E-state index in [1.165, 1.54) is 5.57 Å². The first-order valence-electron chi connectivity index (χ1n) is 4.08. The number of allylic oxidation sites excluding steroid dienone is 2. The predicted octanol–water partition coefficient (Wildman–Crippen LogP) is 2.05. The fourth-order valence-electron chi connectivity index (χ4n) is 1.18. The summed E-state index contributed by atoms with van der Waals surface area (Å²) in [7, 11) is 0. The van der Waals surface area contributed by atoms with Gasteiger partial charge in [0.05, 0.1) is 5.76 Å². The Morgan fingerprint density at radius 2 is 2.55 bits per heavy atom. The molecule has 1 atom stereocenters. The van der Waals surface area contributed by atoms with Crippen LogP contribution in [0.3, 0.4) is 0 Å². The summed E-state index contributed by atoms with van der Waals surface area (Å²) in [5, 5.41) is 0. The standard InChI is InChI=1S/C9H14O2/c1-3-7(2)9-5-4-8(6-10)11-9/h6,8H,3-5H2,1-2H3. The molecule has 0 bridgehead atoms. The van der Waals surface area contributed by atoms with Gasteiger partial charge in [-0.3, -0.25) is 4.79 Å². The van der Waals surface area contributed by atoms with E-state index in [2.05, 4.69) is 13.8 Å². The van der Waals surface area contributed by atoms with E-state index in [0.29, 0.717) is 0 Å². The van der Waals surface area contributed by atoms with Gasteiger partial charge in [-0.1, -0.05) is 6.92 Å². The van der Waals surface area contributed by atoms with Crippen molar-refractivity contribution in [3.8, 4) is 0 Å². The van der Waals surface area contributed by atoms with Crippen LogP contribution in [0.5, 0.6) is 0 Å². The summed E-state index contributed by atoms with van der Waals surface area (Å²) in [6.45, 7) is 4.16. The molecule has 0 spiro atoms. The number of hydrogen-bond acceptors (Lipinski definition) is 2. The summed E-state index contributed by atoms with van der Waals surface area (Å²) in [4.78, 5) is 10.3. The smallest absolute Gasteiger partial charge is 0.160 e. The molecule has 1 aliphatic rings. The number of aldehydes is 1. The largest absolute Gasteiger partial charge is 0.487 e. The van der Waals surface area contributed by atoms with Crippen LogP contribution in [-0.4, -0.2) is 12.4 Å². The Bertz CT molecular complexity index is 182. The molecule has 1 fully saturated rings. The third-order valence-electron chi connectivity index (χ3n) is 2.11. The van der Waals surface area contributed by atoms with Crippen molar-refractivity contribution in [2.45, 2.75) is 39.2 Å². The second kappa shape index (κ2) is 3.56. The van der Waals surface area contributed by atoms with E-state index in [0.717, 1.165) is 31.3 Å². The Labute approximate surface area is 67.2 Å². The van der Waals surface area contributed by atoms with Crippen molar-refractivity contribution in [2.75, 3.05) is 0 Å². The third kappa shape index (κ3) is 1.82. The number of hydrogen-bond donors (Lipinski definition) is 0. The first-order valence-corrected chi connectivity index (χ1v) is 4.08. The summed E-state index contributed by atoms with van der Waals surface area (Å²) in [6, 6.07) is 0. The van der Waals surface area contributed by atoms with Gasteiger partial charge in [0.1, 0.15) is 0 Å². The van der Waals surface area contributed by atoms with Gasteiger partial charge in [-0.05, 0) is 25.3 Å². The Balaban J connectivity index is 2.59. The lowest BCUT2D eigenvalue weighted by molar-refractivity contribution is -0.114. The number of rotatable bonds is 2. The van der Waals surface area contributed by atoms with Gasteiger partial charge >= 0.3 is 0 Å². The molecule has 0 radical (unpaired) electrons. The molecule has 0 saturated carbocycles. The highest BCUT2D eigenvalue weighted by Gasteiger charge is 2.20. The minimum Gasteiger partial charge on any atom is -0.487 e. The van der Waals surface area contributed by atoms with Crippen LogP contribution in [0, 0.1) is 0 Å². The van der Waals surface area contributed by atoms with Crippen LogP contribution in [0.15, 0.2) is 11.3 Å². The van der Waals surface area contributed by atoms with Gasteiger partial charge in [0.25, 0.3) is 0 Å². The van der Waals surface area contributed by atoms with E-state index in [1.807, 2.05) is 0 Å². The summed E-state index contributed by atoms with van der Waals surface area (Å²) >= 11 is 0. The lowest BCUT2D eigenvalue weighted by Crippen LogP contribution is -2.04. The van der Waals surface area contributed by atoms with Crippen molar-refractivity contribution >= 4 is 6.29 Å². The molecule has 0 aromatic heterocycles. The van der Waals surface area contributed by atoms with E-state index in [9.17, 15) is 4.79 Å². The maximum absolute atomic E-state index is 10.3. The van der Waals surface area contributed by atoms with Gasteiger partial charge < -0.3 is 4.74 Å². The molecule has 11 heavy (non-hydrogen) atoms. The van der Waals surface area contributed by atoms with Crippen LogP contribution in [0.1, 0.15) is 33.1 Å². The Morgan fingerprint density at radius 1 is 1.82 bits per heavy atom. The summed E-state index contributed by atoms with van der Waals surface area (Å²) in [6.07, 6.45) is 3.52. The average Bonchev–Trinajstić information content (AvgIpc) is 2.50. The summed E-state index contributed by atoms with van der Waals surface area (Å²) in [5.74, 6) is 1.03. The van der Waals surface area contributed by atoms with Crippen molar-refractivity contribution in [3.05, 3.63) is 11.3 Å². The minimum absolute atomic E-state index is 0.175. The minimum atomic E-state index is -0.175. The van der Waals surface area contributed by atoms with Gasteiger partial charge in [0, 0.05) is 6.42 Å². The van der Waals surface area contributed by atoms with Gasteiger partial charge in [-0.2, -0.15) is 0 Å². The first kappa shape index (κ1) is 8.31. The van der Waals surface area contributed by atoms with E-state index in [4.69, 9.17) is 4.74 Å². The molecular weight excluding hydrogens is 140 g/mol. The second-order valence-electron chi connectivity index (χ2n) is 2.89. The van der Waals surface area contributed by atoms with Crippen LogP contribution >= 0.6 is 0 Å². The SMILES string of the molecule is CCC(C)=C1CCC(C=O)O1. The first-order chi connectivity index (χ1) is 5.27. The van der Waals surface area contributed by atoms with Crippen LogP contribution in [0.4, 0.5) is 0 Å². The Hall–Kier alpha value is -0.790. The van der Waals surface area contributed by atoms with E-state index in [-0.39, 0.29) is 6.10 Å². The highest BCUT2D eigenvalue weighted by molar-refractivity contribution is 5.57. The molecule has 62 valence electrons. The zero-order valence-corrected chi connectivity index (χ0v) is 7.09. The lowest BCUT2D eigenvalue weighted by Gasteiger charge is -2.05. The highest BCUT2D eigenvalue weighted by atomic mass is 16.5. The van der Waals surface area contributed by atoms with Crippen molar-refractivity contribution in [2.24, 2.45) is 0 Å². The fraction of sp³-hybridized carbons (Fsp3) is 0.667. The summed E-state index contributed by atoms with van der Waals surface area (Å²) in [5.41, 5.74) is 1.27. The number of ether oxygens (including phenoxy) is 1. The zero-order valence-electron chi connectivity index (χ0n) is 7.09. The molecule has 2 heteroatoms. The lowest BCUT2D eigenvalue weighted by atomic mass is 10.1. The molecule has 0 aromatic carbocycles. The quantitative estimate of drug-likeness (QED) is 0.569. The topological polar surface area (TPSA) is 26.3 Å². The summed E-state index contributed by atoms with van der Waals surface area (Å²) < 4.78 is 5.37. The predicted molar refractivity (Wildman–Crippen MR) is 43.2 cm³/mol. The Kier molecular flexibility index (Phi) is 2.69. The Morgan fingerprint density at radius 3 is 3.00 bits per heavy atom. The monoisotopic (exact) mass is 154 g/mol. The van der Waals surface area contributed by atoms with Crippen molar-refractivity contribution in [1.29, 1.82) is 0 Å². The molecule has 0 aromatic rings. The second-order valence-corrected chi connectivity index (χ2v) is 2.89. The van der Waals surface area contributed by atoms with Crippen LogP contribution in [0.25, 0.3) is 0 Å². The van der Waals surface area contributed by atoms with Gasteiger partial charge in [-0.25, -0.2) is 0 Å². The average molecular weight is 154 g/mol. The van der Waals surface area contributed by atoms with Crippen molar-refractivity contribution in [3.63, 3.8) is 0 Å². The van der Waals surface area contributed by atoms with Crippen LogP contribution in [0.2, 0.25) is 0 Å². The van der Waals surface area contributed by atoms with E-state index >= 15 is 0 Å². The van der Waals surface area contributed by atoms with Crippen molar-refractivity contribution < 1.29 is 9.53 Å².